The molecule has 1 aliphatic rings. The quantitative estimate of drug-likeness (QED) is 0.344. The van der Waals surface area contributed by atoms with E-state index in [1.165, 1.54) is 6.20 Å². The Bertz CT molecular complexity index is 1280. The van der Waals surface area contributed by atoms with Gasteiger partial charge in [0.2, 0.25) is 0 Å². The zero-order valence-electron chi connectivity index (χ0n) is 20.1. The number of anilines is 1. The first-order valence-electron chi connectivity index (χ1n) is 11.5. The van der Waals surface area contributed by atoms with Crippen molar-refractivity contribution in [3.63, 3.8) is 0 Å². The number of hydrogen-bond donors (Lipinski definition) is 4. The molecule has 0 saturated heterocycles. The predicted molar refractivity (Wildman–Crippen MR) is 137 cm³/mol. The monoisotopic (exact) mass is 474 g/mol. The molecular weight excluding hydrogens is 444 g/mol. The lowest BCUT2D eigenvalue weighted by atomic mass is 10.1. The Balaban J connectivity index is 1.65. The van der Waals surface area contributed by atoms with E-state index in [2.05, 4.69) is 10.6 Å². The Morgan fingerprint density at radius 3 is 2.66 bits per heavy atom. The largest absolute Gasteiger partial charge is 0.490 e. The fraction of sp³-hybridized carbons (Fsp3) is 0.308. The number of amides is 1. The zero-order chi connectivity index (χ0) is 25.0. The molecule has 0 spiro atoms. The van der Waals surface area contributed by atoms with E-state index in [4.69, 9.17) is 30.6 Å². The van der Waals surface area contributed by atoms with Gasteiger partial charge in [-0.25, -0.2) is 9.97 Å². The second-order valence-electron chi connectivity index (χ2n) is 9.40. The molecule has 1 saturated carbocycles. The Morgan fingerprint density at radius 1 is 1.17 bits per heavy atom. The molecule has 0 radical (unpaired) electrons. The number of nitrogens with two attached hydrogens (primary N) is 1. The Kier molecular flexibility index (Phi) is 6.86. The molecule has 1 aliphatic carbocycles. The number of aromatic nitrogens is 2. The second kappa shape index (κ2) is 10.0. The van der Waals surface area contributed by atoms with Crippen molar-refractivity contribution in [2.24, 2.45) is 5.73 Å². The summed E-state index contributed by atoms with van der Waals surface area (Å²) in [6, 6.07) is 12.9. The van der Waals surface area contributed by atoms with Crippen molar-refractivity contribution in [1.82, 2.24) is 15.3 Å². The van der Waals surface area contributed by atoms with Crippen LogP contribution in [-0.2, 0) is 4.79 Å². The molecule has 0 aliphatic heterocycles. The van der Waals surface area contributed by atoms with Crippen molar-refractivity contribution in [2.45, 2.75) is 45.3 Å². The number of nitrogens with zero attached hydrogens (tertiary/aromatic N) is 2. The van der Waals surface area contributed by atoms with E-state index in [0.29, 0.717) is 28.6 Å². The summed E-state index contributed by atoms with van der Waals surface area (Å²) in [6.07, 6.45) is 4.81. The van der Waals surface area contributed by atoms with E-state index in [9.17, 15) is 4.79 Å². The lowest BCUT2D eigenvalue weighted by Crippen LogP contribution is -2.43. The van der Waals surface area contributed by atoms with Crippen LogP contribution in [0, 0.1) is 5.41 Å². The smallest absolute Gasteiger partial charge is 0.258 e. The van der Waals surface area contributed by atoms with Gasteiger partial charge in [0.1, 0.15) is 17.3 Å². The maximum atomic E-state index is 12.1. The number of fused-ring (bicyclic) bond motifs is 1. The molecule has 4 rings (SSSR count). The van der Waals surface area contributed by atoms with Gasteiger partial charge in [-0.05, 0) is 63.9 Å². The molecule has 1 heterocycles. The van der Waals surface area contributed by atoms with Gasteiger partial charge in [-0.3, -0.25) is 4.79 Å². The van der Waals surface area contributed by atoms with E-state index in [1.54, 1.807) is 12.1 Å². The minimum atomic E-state index is -0.332. The Morgan fingerprint density at radius 2 is 1.97 bits per heavy atom. The van der Waals surface area contributed by atoms with Gasteiger partial charge < -0.3 is 31.3 Å². The number of nitrogens with one attached hydrogen (secondary N) is 3. The van der Waals surface area contributed by atoms with Gasteiger partial charge in [0.15, 0.2) is 12.4 Å². The van der Waals surface area contributed by atoms with Gasteiger partial charge >= 0.3 is 0 Å². The third-order valence-corrected chi connectivity index (χ3v) is 5.07. The van der Waals surface area contributed by atoms with Crippen molar-refractivity contribution < 1.29 is 14.3 Å². The third kappa shape index (κ3) is 6.47. The third-order valence-electron chi connectivity index (χ3n) is 5.07. The predicted octanol–water partition coefficient (Wildman–Crippen LogP) is 3.99. The molecule has 182 valence electrons. The maximum absolute atomic E-state index is 12.1. The second-order valence-corrected chi connectivity index (χ2v) is 9.40. The molecular formula is C26H30N6O3. The van der Waals surface area contributed by atoms with Crippen LogP contribution in [0.25, 0.3) is 22.3 Å². The summed E-state index contributed by atoms with van der Waals surface area (Å²) in [6.45, 7) is 5.65. The van der Waals surface area contributed by atoms with E-state index >= 15 is 0 Å². The van der Waals surface area contributed by atoms with Crippen LogP contribution in [0.2, 0.25) is 0 Å². The van der Waals surface area contributed by atoms with Crippen molar-refractivity contribution in [1.29, 1.82) is 5.41 Å². The Labute approximate surface area is 204 Å². The molecule has 1 amide bonds. The number of carbonyl (C=O) groups excluding carboxylic acids is 1. The van der Waals surface area contributed by atoms with Crippen molar-refractivity contribution in [3.05, 3.63) is 54.4 Å². The van der Waals surface area contributed by atoms with Gasteiger partial charge in [0, 0.05) is 28.9 Å². The van der Waals surface area contributed by atoms with E-state index in [0.717, 1.165) is 35.8 Å². The fourth-order valence-corrected chi connectivity index (χ4v) is 3.37. The van der Waals surface area contributed by atoms with E-state index in [1.807, 2.05) is 51.1 Å². The number of benzene rings is 2. The van der Waals surface area contributed by atoms with Gasteiger partial charge in [-0.2, -0.15) is 0 Å². The average molecular weight is 475 g/mol. The highest BCUT2D eigenvalue weighted by Crippen LogP contribution is 2.32. The molecule has 9 heteroatoms. The molecule has 35 heavy (non-hydrogen) atoms. The lowest BCUT2D eigenvalue weighted by molar-refractivity contribution is -0.124. The number of hydrogen-bond acceptors (Lipinski definition) is 8. The highest BCUT2D eigenvalue weighted by atomic mass is 16.5. The first kappa shape index (κ1) is 24.0. The van der Waals surface area contributed by atoms with Crippen LogP contribution in [0.1, 0.15) is 33.6 Å². The van der Waals surface area contributed by atoms with Gasteiger partial charge in [-0.15, -0.1) is 0 Å². The summed E-state index contributed by atoms with van der Waals surface area (Å²) in [5.74, 6) is 2.04. The number of rotatable bonds is 9. The molecule has 0 bridgehead atoms. The summed E-state index contributed by atoms with van der Waals surface area (Å²) in [5.41, 5.74) is 7.14. The number of ether oxygens (including phenoxy) is 2. The first-order valence-corrected chi connectivity index (χ1v) is 11.5. The summed E-state index contributed by atoms with van der Waals surface area (Å²) in [7, 11) is 0. The standard InChI is InChI=1S/C26H30N6O3/c1-26(2,3)32-23(33)15-34-19-6-4-5-16(11-19)24-30-22-10-9-20(35-18-7-8-18)12-21(22)25(31-24)29-17(13-27)14-28/h4-6,9-14,18,27H,7-8,15,28H2,1-3H3,(H,32,33)(H,29,30,31)/b17-14+,27-13?. The lowest BCUT2D eigenvalue weighted by Gasteiger charge is -2.20. The first-order chi connectivity index (χ1) is 16.7. The van der Waals surface area contributed by atoms with Crippen LogP contribution in [0.3, 0.4) is 0 Å². The minimum Gasteiger partial charge on any atom is -0.490 e. The van der Waals surface area contributed by atoms with Crippen LogP contribution in [0.15, 0.2) is 54.4 Å². The molecule has 0 unspecified atom stereocenters. The SMILES string of the molecule is CC(C)(C)NC(=O)COc1cccc(-c2nc(N/C(C=N)=C/N)c3cc(OC4CC4)ccc3n2)c1. The summed E-state index contributed by atoms with van der Waals surface area (Å²) < 4.78 is 11.6. The van der Waals surface area contributed by atoms with Gasteiger partial charge in [-0.1, -0.05) is 12.1 Å². The zero-order valence-corrected chi connectivity index (χ0v) is 20.1. The van der Waals surface area contributed by atoms with Crippen LogP contribution in [0.4, 0.5) is 5.82 Å². The van der Waals surface area contributed by atoms with Crippen molar-refractivity contribution in [2.75, 3.05) is 11.9 Å². The topological polar surface area (TPSA) is 135 Å². The van der Waals surface area contributed by atoms with Crippen LogP contribution >= 0.6 is 0 Å². The minimum absolute atomic E-state index is 0.0974. The molecule has 0 atom stereocenters. The number of allylic oxidation sites excluding steroid dienone is 1. The highest BCUT2D eigenvalue weighted by Gasteiger charge is 2.24. The number of carbonyl (C=O) groups is 1. The average Bonchev–Trinajstić information content (AvgIpc) is 3.64. The van der Waals surface area contributed by atoms with Crippen LogP contribution in [-0.4, -0.2) is 40.3 Å². The summed E-state index contributed by atoms with van der Waals surface area (Å²) >= 11 is 0. The molecule has 5 N–H and O–H groups in total. The normalized spacial score (nSPS) is 13.9. The highest BCUT2D eigenvalue weighted by molar-refractivity contribution is 5.94. The van der Waals surface area contributed by atoms with Gasteiger partial charge in [0.05, 0.1) is 17.3 Å². The van der Waals surface area contributed by atoms with Crippen LogP contribution in [0.5, 0.6) is 11.5 Å². The van der Waals surface area contributed by atoms with E-state index < -0.39 is 0 Å². The van der Waals surface area contributed by atoms with Crippen molar-refractivity contribution in [3.8, 4) is 22.9 Å². The van der Waals surface area contributed by atoms with Crippen LogP contribution < -0.4 is 25.8 Å². The molecule has 1 aromatic heterocycles. The summed E-state index contributed by atoms with van der Waals surface area (Å²) in [5, 5.41) is 14.3. The molecule has 2 aromatic carbocycles. The Hall–Kier alpha value is -4.14. The van der Waals surface area contributed by atoms with Gasteiger partial charge in [0.25, 0.3) is 5.91 Å². The van der Waals surface area contributed by atoms with Crippen molar-refractivity contribution >= 4 is 28.8 Å². The van der Waals surface area contributed by atoms with E-state index in [-0.39, 0.29) is 24.2 Å². The molecule has 1 fully saturated rings. The maximum Gasteiger partial charge on any atom is 0.258 e. The summed E-state index contributed by atoms with van der Waals surface area (Å²) in [4.78, 5) is 21.6. The molecule has 3 aromatic rings. The molecule has 9 nitrogen and oxygen atoms in total. The fourth-order valence-electron chi connectivity index (χ4n) is 3.37.